The van der Waals surface area contributed by atoms with Crippen LogP contribution >= 0.6 is 0 Å². The van der Waals surface area contributed by atoms with Crippen LogP contribution in [0.1, 0.15) is 47.5 Å². The number of aromatic nitrogens is 1. The van der Waals surface area contributed by atoms with E-state index in [0.29, 0.717) is 31.1 Å². The number of aryl methyl sites for hydroxylation is 3. The molecule has 0 spiro atoms. The predicted molar refractivity (Wildman–Crippen MR) is 124 cm³/mol. The molecule has 4 rings (SSSR count). The lowest BCUT2D eigenvalue weighted by atomic mass is 9.96. The van der Waals surface area contributed by atoms with Gasteiger partial charge >= 0.3 is 0 Å². The molecule has 6 heteroatoms. The summed E-state index contributed by atoms with van der Waals surface area (Å²) in [6.45, 7) is 6.78. The van der Waals surface area contributed by atoms with Crippen molar-refractivity contribution in [3.63, 3.8) is 0 Å². The van der Waals surface area contributed by atoms with Gasteiger partial charge in [-0.3, -0.25) is 9.59 Å². The molecule has 0 saturated carbocycles. The van der Waals surface area contributed by atoms with Crippen LogP contribution < -0.4 is 5.32 Å². The summed E-state index contributed by atoms with van der Waals surface area (Å²) in [7, 11) is 0. The van der Waals surface area contributed by atoms with Crippen LogP contribution in [0.4, 0.5) is 5.69 Å². The minimum atomic E-state index is -0.260. The molecule has 1 saturated heterocycles. The van der Waals surface area contributed by atoms with Crippen LogP contribution in [0.25, 0.3) is 11.1 Å². The van der Waals surface area contributed by atoms with Crippen molar-refractivity contribution in [2.45, 2.75) is 40.0 Å². The zero-order valence-electron chi connectivity index (χ0n) is 18.9. The second-order valence-electron chi connectivity index (χ2n) is 8.41. The number of hydrogen-bond donors (Lipinski definition) is 1. The van der Waals surface area contributed by atoms with Crippen molar-refractivity contribution in [3.8, 4) is 11.1 Å². The molecule has 1 aliphatic rings. The highest BCUT2D eigenvalue weighted by atomic mass is 16.4. The molecule has 0 radical (unpaired) electrons. The Morgan fingerprint density at radius 3 is 2.59 bits per heavy atom. The van der Waals surface area contributed by atoms with Gasteiger partial charge in [0.2, 0.25) is 11.7 Å². The molecule has 0 aliphatic carbocycles. The van der Waals surface area contributed by atoms with Gasteiger partial charge in [0.05, 0.1) is 11.6 Å². The number of likely N-dealkylation sites (tertiary alicyclic amines) is 1. The number of amides is 2. The molecule has 0 bridgehead atoms. The average molecular weight is 432 g/mol. The lowest BCUT2D eigenvalue weighted by Crippen LogP contribution is -2.43. The SMILES string of the molecule is CCc1nc(C)c(C(=O)N2CCC[C@H](C(=O)Nc3cccc(-c4cccc(C)c4)c3)C2)o1. The lowest BCUT2D eigenvalue weighted by molar-refractivity contribution is -0.121. The van der Waals surface area contributed by atoms with E-state index >= 15 is 0 Å². The third kappa shape index (κ3) is 4.74. The fourth-order valence-corrected chi connectivity index (χ4v) is 4.17. The van der Waals surface area contributed by atoms with Crippen molar-refractivity contribution < 1.29 is 14.0 Å². The largest absolute Gasteiger partial charge is 0.435 e. The van der Waals surface area contributed by atoms with Gasteiger partial charge < -0.3 is 14.6 Å². The minimum absolute atomic E-state index is 0.0626. The number of nitrogens with one attached hydrogen (secondary N) is 1. The van der Waals surface area contributed by atoms with Gasteiger partial charge in [-0.2, -0.15) is 0 Å². The van der Waals surface area contributed by atoms with Crippen molar-refractivity contribution in [1.82, 2.24) is 9.88 Å². The van der Waals surface area contributed by atoms with E-state index in [2.05, 4.69) is 35.4 Å². The van der Waals surface area contributed by atoms with E-state index in [0.717, 1.165) is 29.7 Å². The molecule has 2 heterocycles. The van der Waals surface area contributed by atoms with E-state index in [1.54, 1.807) is 11.8 Å². The summed E-state index contributed by atoms with van der Waals surface area (Å²) in [5.41, 5.74) is 4.73. The first-order chi connectivity index (χ1) is 15.4. The Labute approximate surface area is 188 Å². The Hall–Kier alpha value is -3.41. The lowest BCUT2D eigenvalue weighted by Gasteiger charge is -2.31. The Kier molecular flexibility index (Phi) is 6.40. The average Bonchev–Trinajstić information content (AvgIpc) is 3.19. The van der Waals surface area contributed by atoms with E-state index in [1.807, 2.05) is 37.3 Å². The summed E-state index contributed by atoms with van der Waals surface area (Å²) >= 11 is 0. The monoisotopic (exact) mass is 431 g/mol. The van der Waals surface area contributed by atoms with Crippen molar-refractivity contribution >= 4 is 17.5 Å². The third-order valence-corrected chi connectivity index (χ3v) is 5.90. The molecule has 0 unspecified atom stereocenters. The summed E-state index contributed by atoms with van der Waals surface area (Å²) in [6.07, 6.45) is 2.17. The number of hydrogen-bond acceptors (Lipinski definition) is 4. The summed E-state index contributed by atoms with van der Waals surface area (Å²) < 4.78 is 5.63. The van der Waals surface area contributed by atoms with Crippen molar-refractivity contribution in [3.05, 3.63) is 71.4 Å². The van der Waals surface area contributed by atoms with Gasteiger partial charge in [-0.1, -0.05) is 48.9 Å². The molecule has 1 aromatic heterocycles. The Morgan fingerprint density at radius 1 is 1.12 bits per heavy atom. The molecular formula is C26H29N3O3. The molecule has 1 atom stereocenters. The number of oxazole rings is 1. The topological polar surface area (TPSA) is 75.4 Å². The quantitative estimate of drug-likeness (QED) is 0.616. The van der Waals surface area contributed by atoms with Gasteiger partial charge in [-0.05, 0) is 49.9 Å². The van der Waals surface area contributed by atoms with E-state index in [4.69, 9.17) is 4.42 Å². The van der Waals surface area contributed by atoms with E-state index in [9.17, 15) is 9.59 Å². The fraction of sp³-hybridized carbons (Fsp3) is 0.346. The summed E-state index contributed by atoms with van der Waals surface area (Å²) in [5, 5.41) is 3.05. The highest BCUT2D eigenvalue weighted by molar-refractivity contribution is 5.95. The first-order valence-corrected chi connectivity index (χ1v) is 11.2. The number of carbonyl (C=O) groups is 2. The number of nitrogens with zero attached hydrogens (tertiary/aromatic N) is 2. The molecule has 1 aliphatic heterocycles. The zero-order chi connectivity index (χ0) is 22.7. The van der Waals surface area contributed by atoms with Crippen LogP contribution in [-0.4, -0.2) is 34.8 Å². The van der Waals surface area contributed by atoms with Gasteiger partial charge in [0.15, 0.2) is 5.89 Å². The molecule has 3 aromatic rings. The van der Waals surface area contributed by atoms with Gasteiger partial charge in [0.25, 0.3) is 5.91 Å². The zero-order valence-corrected chi connectivity index (χ0v) is 18.9. The predicted octanol–water partition coefficient (Wildman–Crippen LogP) is 5.01. The van der Waals surface area contributed by atoms with Crippen LogP contribution in [0.3, 0.4) is 0 Å². The van der Waals surface area contributed by atoms with Crippen molar-refractivity contribution in [1.29, 1.82) is 0 Å². The van der Waals surface area contributed by atoms with E-state index in [1.165, 1.54) is 5.56 Å². The van der Waals surface area contributed by atoms with Crippen LogP contribution in [-0.2, 0) is 11.2 Å². The highest BCUT2D eigenvalue weighted by Gasteiger charge is 2.31. The molecule has 2 amide bonds. The van der Waals surface area contributed by atoms with Gasteiger partial charge in [-0.25, -0.2) is 4.98 Å². The van der Waals surface area contributed by atoms with Crippen molar-refractivity contribution in [2.75, 3.05) is 18.4 Å². The van der Waals surface area contributed by atoms with Gasteiger partial charge in [0, 0.05) is 25.2 Å². The number of carbonyl (C=O) groups excluding carboxylic acids is 2. The van der Waals surface area contributed by atoms with E-state index < -0.39 is 0 Å². The van der Waals surface area contributed by atoms with Gasteiger partial charge in [-0.15, -0.1) is 0 Å². The first-order valence-electron chi connectivity index (χ1n) is 11.2. The van der Waals surface area contributed by atoms with Crippen LogP contribution in [0.15, 0.2) is 52.9 Å². The van der Waals surface area contributed by atoms with E-state index in [-0.39, 0.29) is 23.5 Å². The smallest absolute Gasteiger partial charge is 0.291 e. The van der Waals surface area contributed by atoms with Crippen LogP contribution in [0, 0.1) is 19.8 Å². The molecular weight excluding hydrogens is 402 g/mol. The number of piperidine rings is 1. The molecule has 32 heavy (non-hydrogen) atoms. The van der Waals surface area contributed by atoms with Gasteiger partial charge in [0.1, 0.15) is 0 Å². The second-order valence-corrected chi connectivity index (χ2v) is 8.41. The first kappa shape index (κ1) is 21.8. The maximum Gasteiger partial charge on any atom is 0.291 e. The number of benzene rings is 2. The number of rotatable bonds is 5. The fourth-order valence-electron chi connectivity index (χ4n) is 4.17. The molecule has 1 fully saturated rings. The maximum absolute atomic E-state index is 13.0. The minimum Gasteiger partial charge on any atom is -0.435 e. The Bertz CT molecular complexity index is 1130. The highest BCUT2D eigenvalue weighted by Crippen LogP contribution is 2.25. The Balaban J connectivity index is 1.44. The number of anilines is 1. The van der Waals surface area contributed by atoms with Crippen LogP contribution in [0.5, 0.6) is 0 Å². The summed E-state index contributed by atoms with van der Waals surface area (Å²) in [4.78, 5) is 32.0. The standard InChI is InChI=1S/C26H29N3O3/c1-4-23-27-18(3)24(32-23)26(31)29-13-7-11-21(16-29)25(30)28-22-12-6-10-20(15-22)19-9-5-8-17(2)14-19/h5-6,8-10,12,14-15,21H,4,7,11,13,16H2,1-3H3,(H,28,30)/t21-/m0/s1. The van der Waals surface area contributed by atoms with Crippen molar-refractivity contribution in [2.24, 2.45) is 5.92 Å². The maximum atomic E-state index is 13.0. The molecule has 2 aromatic carbocycles. The summed E-state index contributed by atoms with van der Waals surface area (Å²) in [6, 6.07) is 16.2. The normalized spacial score (nSPS) is 16.1. The van der Waals surface area contributed by atoms with Crippen LogP contribution in [0.2, 0.25) is 0 Å². The summed E-state index contributed by atoms with van der Waals surface area (Å²) in [5.74, 6) is 0.338. The third-order valence-electron chi connectivity index (χ3n) is 5.90. The Morgan fingerprint density at radius 2 is 1.88 bits per heavy atom. The second kappa shape index (κ2) is 9.39. The molecule has 1 N–H and O–H groups in total. The molecule has 166 valence electrons. The molecule has 6 nitrogen and oxygen atoms in total.